The molecule has 0 amide bonds. The zero-order chi connectivity index (χ0) is 20.6. The van der Waals surface area contributed by atoms with Crippen LogP contribution in [-0.2, 0) is 20.8 Å². The fourth-order valence-corrected chi connectivity index (χ4v) is 3.47. The van der Waals surface area contributed by atoms with Crippen LogP contribution in [0.2, 0.25) is 0 Å². The Hall–Kier alpha value is -3.07. The van der Waals surface area contributed by atoms with E-state index < -0.39 is 6.09 Å². The fourth-order valence-electron chi connectivity index (χ4n) is 2.94. The molecule has 0 fully saturated rings. The summed E-state index contributed by atoms with van der Waals surface area (Å²) in [4.78, 5) is 21.5. The van der Waals surface area contributed by atoms with Crippen molar-refractivity contribution in [2.45, 2.75) is 6.61 Å². The molecule has 0 saturated heterocycles. The Bertz CT molecular complexity index is 1080. The molecular weight excluding hydrogens is 402 g/mol. The summed E-state index contributed by atoms with van der Waals surface area (Å²) in [5, 5.41) is 1.85. The zero-order valence-corrected chi connectivity index (χ0v) is 17.1. The van der Waals surface area contributed by atoms with Crippen LogP contribution in [-0.4, -0.2) is 47.1 Å². The lowest BCUT2D eigenvalue weighted by Gasteiger charge is -2.09. The Balaban J connectivity index is 1.25. The highest BCUT2D eigenvalue weighted by atomic mass is 32.1. The highest BCUT2D eigenvalue weighted by Crippen LogP contribution is 2.24. The lowest BCUT2D eigenvalue weighted by atomic mass is 10.2. The van der Waals surface area contributed by atoms with Gasteiger partial charge in [-0.25, -0.2) is 19.3 Å². The number of benzene rings is 2. The predicted octanol–water partition coefficient (Wildman–Crippen LogP) is 4.38. The second-order valence-electron chi connectivity index (χ2n) is 6.40. The SMILES string of the molecule is O=C(OCCOCCOCc1ccccc1)n1c(-c2cscn2)nc2ccccc21. The summed E-state index contributed by atoms with van der Waals surface area (Å²) in [6.07, 6.45) is -0.504. The van der Waals surface area contributed by atoms with Crippen LogP contribution in [0.5, 0.6) is 0 Å². The summed E-state index contributed by atoms with van der Waals surface area (Å²) in [5.41, 5.74) is 4.86. The van der Waals surface area contributed by atoms with Crippen molar-refractivity contribution >= 4 is 28.5 Å². The quantitative estimate of drug-likeness (QED) is 0.372. The predicted molar refractivity (Wildman–Crippen MR) is 115 cm³/mol. The normalized spacial score (nSPS) is 11.1. The van der Waals surface area contributed by atoms with Gasteiger partial charge in [0.25, 0.3) is 0 Å². The minimum atomic E-state index is -0.504. The van der Waals surface area contributed by atoms with E-state index in [2.05, 4.69) is 9.97 Å². The molecule has 0 atom stereocenters. The first-order valence-corrected chi connectivity index (χ1v) is 10.5. The number of rotatable bonds is 9. The maximum absolute atomic E-state index is 12.7. The summed E-state index contributed by atoms with van der Waals surface area (Å²) in [6.45, 7) is 1.89. The largest absolute Gasteiger partial charge is 0.446 e. The summed E-state index contributed by atoms with van der Waals surface area (Å²) in [6, 6.07) is 17.4. The van der Waals surface area contributed by atoms with E-state index in [1.165, 1.54) is 15.9 Å². The summed E-state index contributed by atoms with van der Waals surface area (Å²) in [5.74, 6) is 0.470. The van der Waals surface area contributed by atoms with Crippen LogP contribution in [0, 0.1) is 0 Å². The minimum absolute atomic E-state index is 0.139. The molecule has 154 valence electrons. The number of thiazole rings is 1. The monoisotopic (exact) mass is 423 g/mol. The Morgan fingerprint density at radius 1 is 0.933 bits per heavy atom. The van der Waals surface area contributed by atoms with Crippen LogP contribution < -0.4 is 0 Å². The summed E-state index contributed by atoms with van der Waals surface area (Å²) in [7, 11) is 0. The maximum Gasteiger partial charge on any atom is 0.420 e. The number of fused-ring (bicyclic) bond motifs is 1. The molecule has 0 bridgehead atoms. The number of para-hydroxylation sites is 2. The molecule has 0 aliphatic carbocycles. The third-order valence-corrected chi connectivity index (χ3v) is 4.93. The molecular formula is C22H21N3O4S. The molecule has 0 N–H and O–H groups in total. The van der Waals surface area contributed by atoms with Gasteiger partial charge in [0.2, 0.25) is 0 Å². The highest BCUT2D eigenvalue weighted by molar-refractivity contribution is 7.07. The molecule has 0 aliphatic rings. The van der Waals surface area contributed by atoms with Gasteiger partial charge in [-0.3, -0.25) is 0 Å². The van der Waals surface area contributed by atoms with Gasteiger partial charge in [-0.15, -0.1) is 11.3 Å². The Morgan fingerprint density at radius 2 is 1.70 bits per heavy atom. The van der Waals surface area contributed by atoms with Gasteiger partial charge in [-0.1, -0.05) is 42.5 Å². The van der Waals surface area contributed by atoms with Gasteiger partial charge >= 0.3 is 6.09 Å². The van der Waals surface area contributed by atoms with E-state index in [1.54, 1.807) is 5.51 Å². The Morgan fingerprint density at radius 3 is 2.53 bits per heavy atom. The number of imidazole rings is 1. The van der Waals surface area contributed by atoms with E-state index in [4.69, 9.17) is 14.2 Å². The van der Waals surface area contributed by atoms with Crippen molar-refractivity contribution in [3.05, 3.63) is 71.1 Å². The van der Waals surface area contributed by atoms with Crippen molar-refractivity contribution in [1.82, 2.24) is 14.5 Å². The lowest BCUT2D eigenvalue weighted by Crippen LogP contribution is -2.18. The van der Waals surface area contributed by atoms with Crippen molar-refractivity contribution in [3.63, 3.8) is 0 Å². The molecule has 0 saturated carbocycles. The molecule has 2 aromatic carbocycles. The molecule has 0 radical (unpaired) electrons. The van der Waals surface area contributed by atoms with Crippen molar-refractivity contribution in [3.8, 4) is 11.5 Å². The summed E-state index contributed by atoms with van der Waals surface area (Å²) >= 11 is 1.45. The number of carbonyl (C=O) groups excluding carboxylic acids is 1. The first-order valence-electron chi connectivity index (χ1n) is 9.55. The van der Waals surface area contributed by atoms with Crippen LogP contribution in [0.25, 0.3) is 22.6 Å². The molecule has 2 aromatic heterocycles. The topological polar surface area (TPSA) is 75.5 Å². The number of ether oxygens (including phenoxy) is 3. The van der Waals surface area contributed by atoms with Gasteiger partial charge in [0, 0.05) is 5.38 Å². The van der Waals surface area contributed by atoms with Crippen molar-refractivity contribution < 1.29 is 19.0 Å². The molecule has 2 heterocycles. The maximum atomic E-state index is 12.7. The number of hydrogen-bond acceptors (Lipinski definition) is 7. The molecule has 4 rings (SSSR count). The fraction of sp³-hybridized carbons (Fsp3) is 0.227. The van der Waals surface area contributed by atoms with Gasteiger partial charge in [-0.2, -0.15) is 0 Å². The first kappa shape index (κ1) is 20.2. The van der Waals surface area contributed by atoms with E-state index in [0.29, 0.717) is 49.0 Å². The number of carbonyl (C=O) groups is 1. The Kier molecular flexibility index (Phi) is 6.81. The van der Waals surface area contributed by atoms with Crippen LogP contribution >= 0.6 is 11.3 Å². The number of nitrogens with zero attached hydrogens (tertiary/aromatic N) is 3. The van der Waals surface area contributed by atoms with Gasteiger partial charge in [-0.05, 0) is 17.7 Å². The molecule has 0 unspecified atom stereocenters. The lowest BCUT2D eigenvalue weighted by molar-refractivity contribution is 0.0234. The van der Waals surface area contributed by atoms with Crippen molar-refractivity contribution in [1.29, 1.82) is 0 Å². The first-order chi connectivity index (χ1) is 14.8. The average molecular weight is 423 g/mol. The Labute approximate surface area is 177 Å². The third kappa shape index (κ3) is 4.91. The smallest absolute Gasteiger partial charge is 0.420 e. The van der Waals surface area contributed by atoms with Crippen LogP contribution in [0.3, 0.4) is 0 Å². The van der Waals surface area contributed by atoms with E-state index in [-0.39, 0.29) is 6.61 Å². The average Bonchev–Trinajstić information content (AvgIpc) is 3.44. The molecule has 8 heteroatoms. The van der Waals surface area contributed by atoms with Crippen LogP contribution in [0.4, 0.5) is 4.79 Å². The molecule has 30 heavy (non-hydrogen) atoms. The third-order valence-electron chi connectivity index (χ3n) is 4.34. The van der Waals surface area contributed by atoms with Crippen LogP contribution in [0.15, 0.2) is 65.5 Å². The second-order valence-corrected chi connectivity index (χ2v) is 7.12. The van der Waals surface area contributed by atoms with Crippen molar-refractivity contribution in [2.24, 2.45) is 0 Å². The molecule has 7 nitrogen and oxygen atoms in total. The van der Waals surface area contributed by atoms with Gasteiger partial charge in [0.1, 0.15) is 12.3 Å². The van der Waals surface area contributed by atoms with E-state index in [1.807, 2.05) is 60.0 Å². The molecule has 0 aliphatic heterocycles. The van der Waals surface area contributed by atoms with Gasteiger partial charge in [0.05, 0.1) is 43.0 Å². The number of aromatic nitrogens is 3. The van der Waals surface area contributed by atoms with Gasteiger partial charge < -0.3 is 14.2 Å². The second kappa shape index (κ2) is 10.1. The van der Waals surface area contributed by atoms with Crippen LogP contribution in [0.1, 0.15) is 5.56 Å². The van der Waals surface area contributed by atoms with E-state index in [0.717, 1.165) is 5.56 Å². The molecule has 4 aromatic rings. The zero-order valence-electron chi connectivity index (χ0n) is 16.3. The number of hydrogen-bond donors (Lipinski definition) is 0. The minimum Gasteiger partial charge on any atom is -0.446 e. The standard InChI is InChI=1S/C22H21N3O4S/c26-22(29-13-12-27-10-11-28-14-17-6-2-1-3-7-17)25-20-9-5-4-8-18(20)24-21(25)19-15-30-16-23-19/h1-9,15-16H,10-14H2. The van der Waals surface area contributed by atoms with Gasteiger partial charge in [0.15, 0.2) is 5.82 Å². The van der Waals surface area contributed by atoms with E-state index in [9.17, 15) is 4.79 Å². The van der Waals surface area contributed by atoms with Crippen molar-refractivity contribution in [2.75, 3.05) is 26.4 Å². The summed E-state index contributed by atoms with van der Waals surface area (Å²) < 4.78 is 17.9. The molecule has 0 spiro atoms. The van der Waals surface area contributed by atoms with E-state index >= 15 is 0 Å². The highest BCUT2D eigenvalue weighted by Gasteiger charge is 2.20.